The molecule has 45 heavy (non-hydrogen) atoms. The van der Waals surface area contributed by atoms with Gasteiger partial charge in [0.15, 0.2) is 0 Å². The molecule has 1 heterocycles. The van der Waals surface area contributed by atoms with Crippen LogP contribution in [0.2, 0.25) is 0 Å². The monoisotopic (exact) mass is 624 g/mol. The molecule has 234 valence electrons. The maximum Gasteiger partial charge on any atom is 0.343 e. The van der Waals surface area contributed by atoms with Gasteiger partial charge >= 0.3 is 11.9 Å². The number of carbonyl (C=O) groups is 2. The van der Waals surface area contributed by atoms with Gasteiger partial charge in [0.2, 0.25) is 0 Å². The minimum absolute atomic E-state index is 0.405. The number of ether oxygens (including phenoxy) is 4. The Balaban J connectivity index is 1.31. The molecule has 4 aromatic carbocycles. The summed E-state index contributed by atoms with van der Waals surface area (Å²) in [4.78, 5) is 25.9. The average molecular weight is 625 g/mol. The second kappa shape index (κ2) is 15.2. The van der Waals surface area contributed by atoms with Crippen LogP contribution in [-0.2, 0) is 11.5 Å². The molecule has 4 aromatic rings. The van der Waals surface area contributed by atoms with Gasteiger partial charge < -0.3 is 18.9 Å². The van der Waals surface area contributed by atoms with Crippen LogP contribution in [0.1, 0.15) is 82.5 Å². The van der Waals surface area contributed by atoms with E-state index in [-0.39, 0.29) is 0 Å². The molecule has 0 saturated carbocycles. The third-order valence-corrected chi connectivity index (χ3v) is 8.71. The first-order chi connectivity index (χ1) is 21.9. The third-order valence-electron chi connectivity index (χ3n) is 7.68. The van der Waals surface area contributed by atoms with E-state index in [1.165, 1.54) is 0 Å². The largest absolute Gasteiger partial charge is 0.494 e. The van der Waals surface area contributed by atoms with Gasteiger partial charge in [0, 0.05) is 11.5 Å². The van der Waals surface area contributed by atoms with E-state index >= 15 is 0 Å². The van der Waals surface area contributed by atoms with Crippen LogP contribution in [0.15, 0.2) is 72.8 Å². The number of hydrogen-bond acceptors (Lipinski definition) is 7. The first kappa shape index (κ1) is 32.2. The van der Waals surface area contributed by atoms with Crippen molar-refractivity contribution in [3.8, 4) is 34.1 Å². The molecule has 7 heteroatoms. The van der Waals surface area contributed by atoms with Gasteiger partial charge in [0.05, 0.1) is 24.3 Å². The SMILES string of the molecule is CCCCOc1ccc(C(=O)Oc2cc(C)c3c(c2)CSCc2cc(OC(=O)c4ccc(OCCCC)cc4)cc(C)c2-3)cc1. The maximum absolute atomic E-state index is 13.0. The van der Waals surface area contributed by atoms with E-state index in [2.05, 4.69) is 13.8 Å². The minimum atomic E-state index is -0.405. The molecular formula is C38H40O6S. The predicted octanol–water partition coefficient (Wildman–Crippen LogP) is 9.51. The number of thioether (sulfide) groups is 1. The Morgan fingerprint density at radius 1 is 0.600 bits per heavy atom. The van der Waals surface area contributed by atoms with Crippen molar-refractivity contribution in [1.82, 2.24) is 0 Å². The lowest BCUT2D eigenvalue weighted by molar-refractivity contribution is 0.0725. The highest BCUT2D eigenvalue weighted by atomic mass is 32.2. The molecule has 1 aliphatic rings. The summed E-state index contributed by atoms with van der Waals surface area (Å²) >= 11 is 1.78. The number of esters is 2. The number of carbonyl (C=O) groups excluding carboxylic acids is 2. The fraction of sp³-hybridized carbons (Fsp3) is 0.316. The van der Waals surface area contributed by atoms with E-state index < -0.39 is 11.9 Å². The predicted molar refractivity (Wildman–Crippen MR) is 180 cm³/mol. The molecule has 0 aromatic heterocycles. The van der Waals surface area contributed by atoms with Crippen LogP contribution in [-0.4, -0.2) is 25.2 Å². The molecule has 0 atom stereocenters. The van der Waals surface area contributed by atoms with Gasteiger partial charge in [0.1, 0.15) is 23.0 Å². The Bertz CT molecular complexity index is 1520. The summed E-state index contributed by atoms with van der Waals surface area (Å²) in [6.45, 7) is 9.64. The third kappa shape index (κ3) is 8.08. The molecule has 0 N–H and O–H groups in total. The van der Waals surface area contributed by atoms with E-state index in [0.29, 0.717) is 35.8 Å². The topological polar surface area (TPSA) is 71.1 Å². The van der Waals surface area contributed by atoms with Crippen molar-refractivity contribution in [3.05, 3.63) is 106 Å². The van der Waals surface area contributed by atoms with E-state index in [1.54, 1.807) is 60.3 Å². The van der Waals surface area contributed by atoms with Crippen LogP contribution in [0.25, 0.3) is 11.1 Å². The van der Waals surface area contributed by atoms with Crippen LogP contribution in [0.3, 0.4) is 0 Å². The summed E-state index contributed by atoms with van der Waals surface area (Å²) in [5, 5.41) is 0. The molecule has 0 aliphatic carbocycles. The Morgan fingerprint density at radius 2 is 1.00 bits per heavy atom. The van der Waals surface area contributed by atoms with Crippen LogP contribution in [0.4, 0.5) is 0 Å². The molecule has 0 unspecified atom stereocenters. The van der Waals surface area contributed by atoms with Crippen LogP contribution < -0.4 is 18.9 Å². The van der Waals surface area contributed by atoms with Crippen molar-refractivity contribution in [3.63, 3.8) is 0 Å². The zero-order chi connectivity index (χ0) is 31.8. The molecule has 0 saturated heterocycles. The number of aryl methyl sites for hydroxylation is 2. The molecule has 1 aliphatic heterocycles. The van der Waals surface area contributed by atoms with Crippen molar-refractivity contribution in [2.75, 3.05) is 13.2 Å². The van der Waals surface area contributed by atoms with Gasteiger partial charge in [-0.05, 0) is 133 Å². The second-order valence-electron chi connectivity index (χ2n) is 11.3. The number of unbranched alkanes of at least 4 members (excludes halogenated alkanes) is 2. The molecule has 0 fully saturated rings. The fourth-order valence-corrected chi connectivity index (χ4v) is 6.35. The Kier molecular flexibility index (Phi) is 10.8. The lowest BCUT2D eigenvalue weighted by Gasteiger charge is -2.18. The Hall–Kier alpha value is -4.23. The summed E-state index contributed by atoms with van der Waals surface area (Å²) in [6.07, 6.45) is 4.11. The summed E-state index contributed by atoms with van der Waals surface area (Å²) in [6, 6.07) is 21.9. The summed E-state index contributed by atoms with van der Waals surface area (Å²) in [7, 11) is 0. The van der Waals surface area contributed by atoms with Gasteiger partial charge in [-0.25, -0.2) is 9.59 Å². The van der Waals surface area contributed by atoms with Gasteiger partial charge in [-0.2, -0.15) is 11.8 Å². The zero-order valence-electron chi connectivity index (χ0n) is 26.4. The lowest BCUT2D eigenvalue weighted by atomic mass is 9.89. The van der Waals surface area contributed by atoms with Crippen molar-refractivity contribution >= 4 is 23.7 Å². The first-order valence-corrected chi connectivity index (χ1v) is 16.8. The average Bonchev–Trinajstić information content (AvgIpc) is 3.22. The van der Waals surface area contributed by atoms with E-state index in [1.807, 2.05) is 38.1 Å². The summed E-state index contributed by atoms with van der Waals surface area (Å²) in [5.41, 5.74) is 7.47. The fourth-order valence-electron chi connectivity index (χ4n) is 5.36. The molecule has 0 amide bonds. The highest BCUT2D eigenvalue weighted by Gasteiger charge is 2.22. The first-order valence-electron chi connectivity index (χ1n) is 15.6. The molecular weight excluding hydrogens is 584 g/mol. The molecule has 5 rings (SSSR count). The van der Waals surface area contributed by atoms with Crippen molar-refractivity contribution < 1.29 is 28.5 Å². The standard InChI is InChI=1S/C38H40O6S/c1-5-7-17-41-31-13-9-27(10-14-31)37(39)43-33-19-25(3)35-29(21-33)23-45-24-30-22-34(20-26(4)36(30)35)44-38(40)28-11-15-32(16-12-28)42-18-8-6-2/h9-16,19-22H,5-8,17-18,23-24H2,1-4H3. The Morgan fingerprint density at radius 3 is 1.38 bits per heavy atom. The van der Waals surface area contributed by atoms with Gasteiger partial charge in [-0.1, -0.05) is 26.7 Å². The van der Waals surface area contributed by atoms with Crippen LogP contribution in [0, 0.1) is 13.8 Å². The van der Waals surface area contributed by atoms with E-state index in [4.69, 9.17) is 18.9 Å². The van der Waals surface area contributed by atoms with Crippen molar-refractivity contribution in [2.24, 2.45) is 0 Å². The van der Waals surface area contributed by atoms with E-state index in [0.717, 1.165) is 82.1 Å². The number of fused-ring (bicyclic) bond motifs is 3. The normalized spacial score (nSPS) is 12.0. The highest BCUT2D eigenvalue weighted by molar-refractivity contribution is 7.97. The molecule has 6 nitrogen and oxygen atoms in total. The van der Waals surface area contributed by atoms with E-state index in [9.17, 15) is 9.59 Å². The lowest BCUT2D eigenvalue weighted by Crippen LogP contribution is -2.10. The van der Waals surface area contributed by atoms with Gasteiger partial charge in [-0.3, -0.25) is 0 Å². The van der Waals surface area contributed by atoms with Crippen molar-refractivity contribution in [2.45, 2.75) is 64.9 Å². The van der Waals surface area contributed by atoms with Crippen molar-refractivity contribution in [1.29, 1.82) is 0 Å². The number of rotatable bonds is 12. The summed E-state index contributed by atoms with van der Waals surface area (Å²) in [5.74, 6) is 3.25. The summed E-state index contributed by atoms with van der Waals surface area (Å²) < 4.78 is 23.1. The number of hydrogen-bond donors (Lipinski definition) is 0. The van der Waals surface area contributed by atoms with Gasteiger partial charge in [-0.15, -0.1) is 0 Å². The number of benzene rings is 4. The highest BCUT2D eigenvalue weighted by Crippen LogP contribution is 2.43. The van der Waals surface area contributed by atoms with Crippen LogP contribution >= 0.6 is 11.8 Å². The Labute approximate surface area is 270 Å². The zero-order valence-corrected chi connectivity index (χ0v) is 27.3. The van der Waals surface area contributed by atoms with Gasteiger partial charge in [0.25, 0.3) is 0 Å². The maximum atomic E-state index is 13.0. The molecule has 0 radical (unpaired) electrons. The second-order valence-corrected chi connectivity index (χ2v) is 12.3. The quantitative estimate of drug-likeness (QED) is 0.0883. The van der Waals surface area contributed by atoms with Crippen LogP contribution in [0.5, 0.6) is 23.0 Å². The molecule has 0 bridgehead atoms. The smallest absolute Gasteiger partial charge is 0.343 e. The minimum Gasteiger partial charge on any atom is -0.494 e. The molecule has 0 spiro atoms.